The number of hydrogen-bond donors (Lipinski definition) is 4. The molecule has 1 aliphatic heterocycles. The number of carboxylic acids is 1. The third kappa shape index (κ3) is 7.97. The number of benzene rings is 2. The molecule has 1 saturated heterocycles. The molecule has 0 atom stereocenters. The summed E-state index contributed by atoms with van der Waals surface area (Å²) in [5.74, 6) is -0.825. The quantitative estimate of drug-likeness (QED) is 0.351. The van der Waals surface area contributed by atoms with Crippen LogP contribution >= 0.6 is 0 Å². The van der Waals surface area contributed by atoms with Crippen LogP contribution in [0.15, 0.2) is 54.6 Å². The van der Waals surface area contributed by atoms with Crippen LogP contribution in [0, 0.1) is 0 Å². The van der Waals surface area contributed by atoms with E-state index in [4.69, 9.17) is 9.84 Å². The summed E-state index contributed by atoms with van der Waals surface area (Å²) in [6.07, 6.45) is 2.06. The largest absolute Gasteiger partial charge is 0.481 e. The van der Waals surface area contributed by atoms with Gasteiger partial charge in [0.2, 0.25) is 0 Å². The summed E-state index contributed by atoms with van der Waals surface area (Å²) in [7, 11) is 0. The number of carboxylic acid groups (broad SMARTS) is 1. The highest BCUT2D eigenvalue weighted by Crippen LogP contribution is 2.31. The third-order valence-electron chi connectivity index (χ3n) is 6.00. The molecule has 3 rings (SSSR count). The molecule has 0 radical (unpaired) electrons. The summed E-state index contributed by atoms with van der Waals surface area (Å²) >= 11 is 0. The molecule has 0 aliphatic carbocycles. The van der Waals surface area contributed by atoms with E-state index in [0.717, 1.165) is 24.2 Å². The Bertz CT molecular complexity index is 958. The molecule has 0 spiro atoms. The maximum atomic E-state index is 12.9. The first-order valence-electron chi connectivity index (χ1n) is 11.8. The van der Waals surface area contributed by atoms with Crippen molar-refractivity contribution in [3.63, 3.8) is 0 Å². The van der Waals surface area contributed by atoms with E-state index in [1.54, 1.807) is 0 Å². The van der Waals surface area contributed by atoms with E-state index >= 15 is 0 Å². The van der Waals surface area contributed by atoms with Gasteiger partial charge in [-0.1, -0.05) is 48.5 Å². The Hall–Kier alpha value is -3.23. The van der Waals surface area contributed by atoms with Crippen LogP contribution in [0.4, 0.5) is 10.5 Å². The Morgan fingerprint density at radius 2 is 1.68 bits per heavy atom. The normalized spacial score (nSPS) is 14.8. The van der Waals surface area contributed by atoms with Crippen LogP contribution in [0.3, 0.4) is 0 Å². The molecule has 0 aromatic heterocycles. The fourth-order valence-electron chi connectivity index (χ4n) is 4.13. The minimum absolute atomic E-state index is 0.0201. The van der Waals surface area contributed by atoms with Gasteiger partial charge in [0.1, 0.15) is 11.4 Å². The molecule has 1 aliphatic rings. The van der Waals surface area contributed by atoms with Crippen molar-refractivity contribution in [2.75, 3.05) is 31.5 Å². The summed E-state index contributed by atoms with van der Waals surface area (Å²) in [6, 6.07) is 17.4. The number of rotatable bonds is 12. The molecule has 8 heteroatoms. The minimum Gasteiger partial charge on any atom is -0.481 e. The number of nitrogens with one attached hydrogen (secondary N) is 3. The van der Waals surface area contributed by atoms with Crippen molar-refractivity contribution >= 4 is 23.5 Å². The van der Waals surface area contributed by atoms with Gasteiger partial charge in [-0.05, 0) is 56.9 Å². The zero-order valence-electron chi connectivity index (χ0n) is 19.3. The molecule has 2 aromatic carbocycles. The standard InChI is InChI=1S/C26H33N3O5/c30-21(19-28-16-6-11-24(31)32)12-13-26(14-17-27-18-15-26)34-25(33)29-23-10-5-4-9-22(23)20-7-2-1-3-8-20/h1-5,7-10,27-28H,6,11-19H2,(H,29,33)(H,31,32). The number of Topliss-reactive ketones (excluding diaryl/α,β-unsaturated/α-hetero) is 1. The molecule has 1 fully saturated rings. The van der Waals surface area contributed by atoms with Gasteiger partial charge >= 0.3 is 12.1 Å². The number of ketones is 1. The van der Waals surface area contributed by atoms with E-state index in [1.807, 2.05) is 54.6 Å². The zero-order chi connectivity index (χ0) is 24.2. The molecule has 4 N–H and O–H groups in total. The van der Waals surface area contributed by atoms with Crippen LogP contribution < -0.4 is 16.0 Å². The number of carbonyl (C=O) groups is 3. The molecular weight excluding hydrogens is 434 g/mol. The van der Waals surface area contributed by atoms with Gasteiger partial charge in [-0.25, -0.2) is 4.79 Å². The van der Waals surface area contributed by atoms with Crippen molar-refractivity contribution in [1.82, 2.24) is 10.6 Å². The zero-order valence-corrected chi connectivity index (χ0v) is 19.3. The second kappa shape index (κ2) is 12.9. The van der Waals surface area contributed by atoms with Gasteiger partial charge in [-0.2, -0.15) is 0 Å². The van der Waals surface area contributed by atoms with Crippen molar-refractivity contribution in [3.05, 3.63) is 54.6 Å². The molecular formula is C26H33N3O5. The lowest BCUT2D eigenvalue weighted by atomic mass is 9.86. The monoisotopic (exact) mass is 467 g/mol. The Balaban J connectivity index is 1.56. The predicted molar refractivity (Wildman–Crippen MR) is 131 cm³/mol. The first-order chi connectivity index (χ1) is 16.5. The molecule has 1 amide bonds. The highest BCUT2D eigenvalue weighted by Gasteiger charge is 2.36. The second-order valence-corrected chi connectivity index (χ2v) is 8.57. The van der Waals surface area contributed by atoms with Gasteiger partial charge in [-0.15, -0.1) is 0 Å². The summed E-state index contributed by atoms with van der Waals surface area (Å²) in [5, 5.41) is 17.8. The average Bonchev–Trinajstić information content (AvgIpc) is 2.84. The Morgan fingerprint density at radius 3 is 2.41 bits per heavy atom. The number of ether oxygens (including phenoxy) is 1. The Labute approximate surface area is 200 Å². The Morgan fingerprint density at radius 1 is 0.971 bits per heavy atom. The molecule has 2 aromatic rings. The molecule has 34 heavy (non-hydrogen) atoms. The average molecular weight is 468 g/mol. The van der Waals surface area contributed by atoms with Crippen LogP contribution in [0.5, 0.6) is 0 Å². The maximum absolute atomic E-state index is 12.9. The van der Waals surface area contributed by atoms with E-state index in [9.17, 15) is 14.4 Å². The molecule has 0 unspecified atom stereocenters. The lowest BCUT2D eigenvalue weighted by molar-refractivity contribution is -0.137. The third-order valence-corrected chi connectivity index (χ3v) is 6.00. The van der Waals surface area contributed by atoms with Crippen molar-refractivity contribution in [3.8, 4) is 11.1 Å². The Kier molecular flexibility index (Phi) is 9.61. The number of hydrogen-bond acceptors (Lipinski definition) is 6. The minimum atomic E-state index is -0.845. The number of amides is 1. The van der Waals surface area contributed by atoms with Crippen molar-refractivity contribution < 1.29 is 24.2 Å². The summed E-state index contributed by atoms with van der Waals surface area (Å²) in [4.78, 5) is 35.8. The van der Waals surface area contributed by atoms with E-state index in [1.165, 1.54) is 0 Å². The SMILES string of the molecule is O=C(O)CCCNCC(=O)CCC1(OC(=O)Nc2ccccc2-c2ccccc2)CCNCC1. The second-order valence-electron chi connectivity index (χ2n) is 8.57. The van der Waals surface area contributed by atoms with Crippen LogP contribution in [-0.2, 0) is 14.3 Å². The van der Waals surface area contributed by atoms with Crippen LogP contribution in [0.25, 0.3) is 11.1 Å². The predicted octanol–water partition coefficient (Wildman–Crippen LogP) is 3.83. The lowest BCUT2D eigenvalue weighted by Crippen LogP contribution is -2.46. The fourth-order valence-corrected chi connectivity index (χ4v) is 4.13. The summed E-state index contributed by atoms with van der Waals surface area (Å²) in [6.45, 7) is 2.10. The van der Waals surface area contributed by atoms with E-state index in [0.29, 0.717) is 44.3 Å². The first-order valence-corrected chi connectivity index (χ1v) is 11.8. The van der Waals surface area contributed by atoms with Gasteiger partial charge in [0, 0.05) is 18.4 Å². The lowest BCUT2D eigenvalue weighted by Gasteiger charge is -2.37. The van der Waals surface area contributed by atoms with Gasteiger partial charge in [0.25, 0.3) is 0 Å². The van der Waals surface area contributed by atoms with Crippen LogP contribution in [0.2, 0.25) is 0 Å². The molecule has 0 saturated carbocycles. The van der Waals surface area contributed by atoms with Gasteiger partial charge < -0.3 is 20.5 Å². The number of aliphatic carboxylic acids is 1. The van der Waals surface area contributed by atoms with E-state index in [2.05, 4.69) is 16.0 Å². The highest BCUT2D eigenvalue weighted by molar-refractivity contribution is 5.91. The van der Waals surface area contributed by atoms with Gasteiger partial charge in [0.05, 0.1) is 12.2 Å². The number of anilines is 1. The van der Waals surface area contributed by atoms with Crippen molar-refractivity contribution in [2.45, 2.75) is 44.1 Å². The number of piperidine rings is 1. The first kappa shape index (κ1) is 25.4. The number of para-hydroxylation sites is 1. The molecule has 0 bridgehead atoms. The van der Waals surface area contributed by atoms with E-state index in [-0.39, 0.29) is 18.7 Å². The number of carbonyl (C=O) groups excluding carboxylic acids is 2. The van der Waals surface area contributed by atoms with Crippen LogP contribution in [0.1, 0.15) is 38.5 Å². The fraction of sp³-hybridized carbons (Fsp3) is 0.423. The molecule has 1 heterocycles. The maximum Gasteiger partial charge on any atom is 0.412 e. The van der Waals surface area contributed by atoms with Gasteiger partial charge in [0.15, 0.2) is 0 Å². The molecule has 8 nitrogen and oxygen atoms in total. The summed E-state index contributed by atoms with van der Waals surface area (Å²) in [5.41, 5.74) is 1.88. The highest BCUT2D eigenvalue weighted by atomic mass is 16.6. The van der Waals surface area contributed by atoms with Crippen molar-refractivity contribution in [2.24, 2.45) is 0 Å². The smallest absolute Gasteiger partial charge is 0.412 e. The molecule has 182 valence electrons. The van der Waals surface area contributed by atoms with E-state index < -0.39 is 17.7 Å². The van der Waals surface area contributed by atoms with Crippen molar-refractivity contribution in [1.29, 1.82) is 0 Å². The topological polar surface area (TPSA) is 117 Å². The van der Waals surface area contributed by atoms with Crippen LogP contribution in [-0.4, -0.2) is 54.7 Å². The summed E-state index contributed by atoms with van der Waals surface area (Å²) < 4.78 is 5.97. The van der Waals surface area contributed by atoms with Gasteiger partial charge in [-0.3, -0.25) is 14.9 Å².